The maximum absolute atomic E-state index is 11.8. The van der Waals surface area contributed by atoms with Crippen molar-refractivity contribution in [3.8, 4) is 0 Å². The van der Waals surface area contributed by atoms with E-state index < -0.39 is 10.0 Å². The molecule has 1 fully saturated rings. The van der Waals surface area contributed by atoms with Crippen LogP contribution in [0, 0.1) is 0 Å². The third-order valence-electron chi connectivity index (χ3n) is 3.52. The number of hydrogen-bond acceptors (Lipinski definition) is 5. The predicted octanol–water partition coefficient (Wildman–Crippen LogP) is 1.61. The number of thiazole rings is 1. The Morgan fingerprint density at radius 2 is 2.21 bits per heavy atom. The predicted molar refractivity (Wildman–Crippen MR) is 77.7 cm³/mol. The quantitative estimate of drug-likeness (QED) is 0.897. The molecule has 0 spiro atoms. The Morgan fingerprint density at radius 3 is 2.74 bits per heavy atom. The topological polar surface area (TPSA) is 62.3 Å². The van der Waals surface area contributed by atoms with E-state index in [2.05, 4.69) is 17.2 Å². The average molecular weight is 303 g/mol. The molecule has 0 aromatic carbocycles. The molecular weight excluding hydrogens is 282 g/mol. The molecule has 1 aliphatic heterocycles. The summed E-state index contributed by atoms with van der Waals surface area (Å²) in [4.78, 5) is 4.30. The van der Waals surface area contributed by atoms with Gasteiger partial charge in [-0.25, -0.2) is 17.7 Å². The summed E-state index contributed by atoms with van der Waals surface area (Å²) in [6, 6.07) is 0.613. The normalized spacial score (nSPS) is 20.5. The first-order valence-electron chi connectivity index (χ1n) is 6.66. The molecular formula is C12H21N3O2S2. The molecule has 1 N–H and O–H groups in total. The summed E-state index contributed by atoms with van der Waals surface area (Å²) < 4.78 is 25.1. The van der Waals surface area contributed by atoms with Gasteiger partial charge in [0.2, 0.25) is 10.0 Å². The smallest absolute Gasteiger partial charge is 0.213 e. The van der Waals surface area contributed by atoms with Crippen LogP contribution in [0.1, 0.15) is 37.7 Å². The summed E-state index contributed by atoms with van der Waals surface area (Å²) in [5.74, 6) is 0.195. The molecule has 5 nitrogen and oxygen atoms in total. The van der Waals surface area contributed by atoms with Crippen molar-refractivity contribution in [2.75, 3.05) is 18.8 Å². The number of aromatic nitrogens is 1. The maximum atomic E-state index is 11.8. The fourth-order valence-corrected chi connectivity index (χ4v) is 4.14. The van der Waals surface area contributed by atoms with Gasteiger partial charge < -0.3 is 5.32 Å². The van der Waals surface area contributed by atoms with Crippen molar-refractivity contribution in [1.29, 1.82) is 0 Å². The second-order valence-corrected chi connectivity index (χ2v) is 8.02. The van der Waals surface area contributed by atoms with Gasteiger partial charge in [-0.05, 0) is 26.7 Å². The third-order valence-corrected chi connectivity index (χ3v) is 6.36. The molecule has 1 aromatic heterocycles. The molecule has 2 heterocycles. The van der Waals surface area contributed by atoms with Crippen LogP contribution in [0.25, 0.3) is 0 Å². The highest BCUT2D eigenvalue weighted by atomic mass is 32.2. The van der Waals surface area contributed by atoms with Gasteiger partial charge in [-0.3, -0.25) is 0 Å². The Morgan fingerprint density at radius 1 is 1.53 bits per heavy atom. The first-order chi connectivity index (χ1) is 9.03. The van der Waals surface area contributed by atoms with Crippen LogP contribution in [-0.4, -0.2) is 42.6 Å². The highest BCUT2D eigenvalue weighted by Crippen LogP contribution is 2.20. The van der Waals surface area contributed by atoms with Gasteiger partial charge >= 0.3 is 0 Å². The van der Waals surface area contributed by atoms with Crippen molar-refractivity contribution in [3.63, 3.8) is 0 Å². The van der Waals surface area contributed by atoms with Crippen molar-refractivity contribution in [1.82, 2.24) is 14.6 Å². The molecule has 108 valence electrons. The van der Waals surface area contributed by atoms with E-state index in [1.807, 2.05) is 11.6 Å². The van der Waals surface area contributed by atoms with Crippen LogP contribution in [-0.2, 0) is 10.0 Å². The number of sulfonamides is 1. The van der Waals surface area contributed by atoms with Crippen LogP contribution >= 0.6 is 11.3 Å². The van der Waals surface area contributed by atoms with Gasteiger partial charge in [0.25, 0.3) is 0 Å². The highest BCUT2D eigenvalue weighted by molar-refractivity contribution is 7.89. The van der Waals surface area contributed by atoms with Crippen molar-refractivity contribution in [2.24, 2.45) is 0 Å². The molecule has 7 heteroatoms. The minimum atomic E-state index is -3.02. The number of piperidine rings is 1. The van der Waals surface area contributed by atoms with Crippen LogP contribution in [0.2, 0.25) is 0 Å². The number of nitrogens with one attached hydrogen (secondary N) is 1. The molecule has 19 heavy (non-hydrogen) atoms. The molecule has 1 unspecified atom stereocenters. The summed E-state index contributed by atoms with van der Waals surface area (Å²) in [5, 5.41) is 6.60. The lowest BCUT2D eigenvalue weighted by Gasteiger charge is -2.32. The Kier molecular flexibility index (Phi) is 4.94. The largest absolute Gasteiger partial charge is 0.305 e. The minimum Gasteiger partial charge on any atom is -0.305 e. The fourth-order valence-electron chi connectivity index (χ4n) is 2.36. The average Bonchev–Trinajstić information content (AvgIpc) is 2.93. The van der Waals surface area contributed by atoms with Crippen LogP contribution in [0.3, 0.4) is 0 Å². The molecule has 0 saturated carbocycles. The summed E-state index contributed by atoms with van der Waals surface area (Å²) in [6.45, 7) is 5.05. The maximum Gasteiger partial charge on any atom is 0.213 e. The number of hydrogen-bond donors (Lipinski definition) is 1. The van der Waals surface area contributed by atoms with E-state index in [1.165, 1.54) is 0 Å². The second-order valence-electron chi connectivity index (χ2n) is 4.83. The van der Waals surface area contributed by atoms with E-state index in [4.69, 9.17) is 0 Å². The number of nitrogens with zero attached hydrogens (tertiary/aromatic N) is 2. The molecule has 0 amide bonds. The lowest BCUT2D eigenvalue weighted by molar-refractivity contribution is 0.277. The molecule has 1 aliphatic rings. The Labute approximate surface area is 119 Å². The summed E-state index contributed by atoms with van der Waals surface area (Å²) >= 11 is 1.65. The highest BCUT2D eigenvalue weighted by Gasteiger charge is 2.27. The van der Waals surface area contributed by atoms with E-state index in [0.29, 0.717) is 19.1 Å². The fraction of sp³-hybridized carbons (Fsp3) is 0.750. The van der Waals surface area contributed by atoms with Crippen LogP contribution in [0.4, 0.5) is 0 Å². The van der Waals surface area contributed by atoms with Crippen molar-refractivity contribution in [2.45, 2.75) is 38.8 Å². The summed E-state index contributed by atoms with van der Waals surface area (Å²) in [5.41, 5.74) is 0. The standard InChI is InChI=1S/C12H21N3O2S2/c1-3-19(16,17)15-7-4-11(5-8-15)14-10(2)12-13-6-9-18-12/h6,9-11,14H,3-5,7-8H2,1-2H3. The minimum absolute atomic E-state index is 0.195. The molecule has 0 radical (unpaired) electrons. The van der Waals surface area contributed by atoms with Crippen molar-refractivity contribution in [3.05, 3.63) is 16.6 Å². The first kappa shape index (κ1) is 14.9. The zero-order valence-electron chi connectivity index (χ0n) is 11.4. The van der Waals surface area contributed by atoms with Gasteiger partial charge in [-0.15, -0.1) is 11.3 Å². The van der Waals surface area contributed by atoms with Crippen LogP contribution < -0.4 is 5.32 Å². The number of rotatable bonds is 5. The Balaban J connectivity index is 1.84. The third kappa shape index (κ3) is 3.75. The lowest BCUT2D eigenvalue weighted by Crippen LogP contribution is -2.45. The molecule has 1 saturated heterocycles. The van der Waals surface area contributed by atoms with E-state index in [1.54, 1.807) is 22.6 Å². The van der Waals surface area contributed by atoms with Gasteiger partial charge in [0.05, 0.1) is 11.8 Å². The lowest BCUT2D eigenvalue weighted by atomic mass is 10.1. The zero-order valence-corrected chi connectivity index (χ0v) is 13.0. The SMILES string of the molecule is CCS(=O)(=O)N1CCC(NC(C)c2nccs2)CC1. The monoisotopic (exact) mass is 303 g/mol. The first-order valence-corrected chi connectivity index (χ1v) is 9.15. The van der Waals surface area contributed by atoms with Crippen LogP contribution in [0.5, 0.6) is 0 Å². The van der Waals surface area contributed by atoms with E-state index in [9.17, 15) is 8.42 Å². The Bertz CT molecular complexity index is 479. The Hall–Kier alpha value is -0.500. The molecule has 0 bridgehead atoms. The summed E-state index contributed by atoms with van der Waals surface area (Å²) in [6.07, 6.45) is 3.55. The summed E-state index contributed by atoms with van der Waals surface area (Å²) in [7, 11) is -3.02. The molecule has 1 aromatic rings. The van der Waals surface area contributed by atoms with Gasteiger partial charge in [-0.2, -0.15) is 0 Å². The molecule has 0 aliphatic carbocycles. The van der Waals surface area contributed by atoms with Crippen LogP contribution in [0.15, 0.2) is 11.6 Å². The van der Waals surface area contributed by atoms with Crippen molar-refractivity contribution >= 4 is 21.4 Å². The van der Waals surface area contributed by atoms with Gasteiger partial charge in [-0.1, -0.05) is 0 Å². The molecule has 1 atom stereocenters. The van der Waals surface area contributed by atoms with Gasteiger partial charge in [0, 0.05) is 30.7 Å². The van der Waals surface area contributed by atoms with Gasteiger partial charge in [0.15, 0.2) is 0 Å². The molecule has 2 rings (SSSR count). The van der Waals surface area contributed by atoms with E-state index in [0.717, 1.165) is 17.8 Å². The van der Waals surface area contributed by atoms with Gasteiger partial charge in [0.1, 0.15) is 5.01 Å². The van der Waals surface area contributed by atoms with E-state index >= 15 is 0 Å². The van der Waals surface area contributed by atoms with E-state index in [-0.39, 0.29) is 11.8 Å². The second kappa shape index (κ2) is 6.30. The van der Waals surface area contributed by atoms with Crippen molar-refractivity contribution < 1.29 is 8.42 Å². The zero-order chi connectivity index (χ0) is 13.9.